The summed E-state index contributed by atoms with van der Waals surface area (Å²) in [6, 6.07) is 15.1. The minimum Gasteiger partial charge on any atom is -0.322 e. The van der Waals surface area contributed by atoms with E-state index in [0.29, 0.717) is 5.56 Å². The molecule has 0 unspecified atom stereocenters. The van der Waals surface area contributed by atoms with Gasteiger partial charge in [0, 0.05) is 16.1 Å². The number of hydrogen-bond acceptors (Lipinski definition) is 2. The Bertz CT molecular complexity index is 546. The molecule has 2 nitrogen and oxygen atoms in total. The van der Waals surface area contributed by atoms with Crippen molar-refractivity contribution in [2.75, 3.05) is 5.32 Å². The van der Waals surface area contributed by atoms with Gasteiger partial charge in [0.05, 0.1) is 0 Å². The summed E-state index contributed by atoms with van der Waals surface area (Å²) in [6.07, 6.45) is 2.19. The summed E-state index contributed by atoms with van der Waals surface area (Å²) < 4.78 is 0. The van der Waals surface area contributed by atoms with Crippen molar-refractivity contribution in [1.82, 2.24) is 0 Å². The number of rotatable bonds is 4. The molecule has 0 spiro atoms. The van der Waals surface area contributed by atoms with Gasteiger partial charge in [0.1, 0.15) is 0 Å². The molecule has 0 aromatic heterocycles. The molecule has 0 aliphatic rings. The monoisotopic (exact) mass is 271 g/mol. The van der Waals surface area contributed by atoms with Crippen molar-refractivity contribution in [3.8, 4) is 0 Å². The molecule has 3 heteroatoms. The Morgan fingerprint density at radius 1 is 1.05 bits per heavy atom. The van der Waals surface area contributed by atoms with E-state index in [1.165, 1.54) is 5.56 Å². The van der Waals surface area contributed by atoms with Crippen molar-refractivity contribution in [3.05, 3.63) is 59.7 Å². The van der Waals surface area contributed by atoms with Gasteiger partial charge in [-0.1, -0.05) is 25.5 Å². The van der Waals surface area contributed by atoms with Gasteiger partial charge in [0.15, 0.2) is 0 Å². The van der Waals surface area contributed by atoms with Crippen molar-refractivity contribution < 1.29 is 4.79 Å². The molecule has 0 bridgehead atoms. The SMILES string of the molecule is CCCc1ccc(NC(=O)c2ccc(S)cc2)cc1. The van der Waals surface area contributed by atoms with Gasteiger partial charge in [-0.2, -0.15) is 0 Å². The predicted octanol–water partition coefficient (Wildman–Crippen LogP) is 4.18. The van der Waals surface area contributed by atoms with Crippen LogP contribution in [0.15, 0.2) is 53.4 Å². The largest absolute Gasteiger partial charge is 0.322 e. The average molecular weight is 271 g/mol. The van der Waals surface area contributed by atoms with E-state index in [9.17, 15) is 4.79 Å². The molecule has 98 valence electrons. The molecular weight excluding hydrogens is 254 g/mol. The summed E-state index contributed by atoms with van der Waals surface area (Å²) in [5.74, 6) is -0.100. The first-order valence-corrected chi connectivity index (χ1v) is 6.83. The molecule has 19 heavy (non-hydrogen) atoms. The highest BCUT2D eigenvalue weighted by Crippen LogP contribution is 2.13. The lowest BCUT2D eigenvalue weighted by Gasteiger charge is -2.06. The molecule has 0 saturated carbocycles. The van der Waals surface area contributed by atoms with E-state index in [1.807, 2.05) is 24.3 Å². The fourth-order valence-corrected chi connectivity index (χ4v) is 2.01. The number of carbonyl (C=O) groups is 1. The normalized spacial score (nSPS) is 10.2. The zero-order chi connectivity index (χ0) is 13.7. The third-order valence-electron chi connectivity index (χ3n) is 2.88. The van der Waals surface area contributed by atoms with Crippen LogP contribution in [0.5, 0.6) is 0 Å². The van der Waals surface area contributed by atoms with Crippen LogP contribution in [0.2, 0.25) is 0 Å². The maximum atomic E-state index is 12.0. The highest BCUT2D eigenvalue weighted by atomic mass is 32.1. The fourth-order valence-electron chi connectivity index (χ4n) is 1.86. The molecule has 1 amide bonds. The second-order valence-corrected chi connectivity index (χ2v) is 4.96. The Hall–Kier alpha value is -1.74. The van der Waals surface area contributed by atoms with Gasteiger partial charge in [-0.25, -0.2) is 0 Å². The van der Waals surface area contributed by atoms with E-state index in [4.69, 9.17) is 0 Å². The Balaban J connectivity index is 2.04. The van der Waals surface area contributed by atoms with Crippen LogP contribution in [-0.2, 0) is 6.42 Å². The van der Waals surface area contributed by atoms with Gasteiger partial charge in [-0.05, 0) is 48.4 Å². The van der Waals surface area contributed by atoms with Gasteiger partial charge in [-0.15, -0.1) is 12.6 Å². The summed E-state index contributed by atoms with van der Waals surface area (Å²) in [5.41, 5.74) is 2.75. The van der Waals surface area contributed by atoms with E-state index in [1.54, 1.807) is 12.1 Å². The predicted molar refractivity (Wildman–Crippen MR) is 82.1 cm³/mol. The van der Waals surface area contributed by atoms with Gasteiger partial charge in [0.2, 0.25) is 0 Å². The quantitative estimate of drug-likeness (QED) is 0.803. The van der Waals surface area contributed by atoms with Crippen molar-refractivity contribution >= 4 is 24.2 Å². The number of carbonyl (C=O) groups excluding carboxylic acids is 1. The standard InChI is InChI=1S/C16H17NOS/c1-2-3-12-4-8-14(9-5-12)17-16(18)13-6-10-15(19)11-7-13/h4-11,19H,2-3H2,1H3,(H,17,18). The van der Waals surface area contributed by atoms with E-state index < -0.39 is 0 Å². The third kappa shape index (κ3) is 3.86. The zero-order valence-electron chi connectivity index (χ0n) is 10.9. The second kappa shape index (κ2) is 6.43. The Morgan fingerprint density at radius 2 is 1.68 bits per heavy atom. The lowest BCUT2D eigenvalue weighted by atomic mass is 10.1. The highest BCUT2D eigenvalue weighted by Gasteiger charge is 2.05. The summed E-state index contributed by atoms with van der Waals surface area (Å²) >= 11 is 4.20. The van der Waals surface area contributed by atoms with Gasteiger partial charge >= 0.3 is 0 Å². The van der Waals surface area contributed by atoms with Crippen molar-refractivity contribution in [1.29, 1.82) is 0 Å². The van der Waals surface area contributed by atoms with Crippen molar-refractivity contribution in [2.24, 2.45) is 0 Å². The first-order chi connectivity index (χ1) is 9.19. The molecule has 0 fully saturated rings. The van der Waals surface area contributed by atoms with Gasteiger partial charge < -0.3 is 5.32 Å². The number of nitrogens with one attached hydrogen (secondary N) is 1. The van der Waals surface area contributed by atoms with Crippen LogP contribution in [0.1, 0.15) is 29.3 Å². The van der Waals surface area contributed by atoms with Crippen LogP contribution in [0.25, 0.3) is 0 Å². The Labute approximate surface area is 119 Å². The summed E-state index contributed by atoms with van der Waals surface area (Å²) in [4.78, 5) is 12.8. The second-order valence-electron chi connectivity index (χ2n) is 4.45. The first-order valence-electron chi connectivity index (χ1n) is 6.38. The number of benzene rings is 2. The van der Waals surface area contributed by atoms with Crippen LogP contribution in [0.4, 0.5) is 5.69 Å². The number of thiol groups is 1. The molecule has 0 atom stereocenters. The molecule has 1 N–H and O–H groups in total. The lowest BCUT2D eigenvalue weighted by Crippen LogP contribution is -2.11. The summed E-state index contributed by atoms with van der Waals surface area (Å²) in [5, 5.41) is 2.88. The Kier molecular flexibility index (Phi) is 4.63. The molecule has 0 heterocycles. The molecule has 2 rings (SSSR count). The summed E-state index contributed by atoms with van der Waals surface area (Å²) in [7, 11) is 0. The van der Waals surface area contributed by atoms with E-state index in [0.717, 1.165) is 23.4 Å². The van der Waals surface area contributed by atoms with Crippen LogP contribution in [0, 0.1) is 0 Å². The van der Waals surface area contributed by atoms with Gasteiger partial charge in [-0.3, -0.25) is 4.79 Å². The van der Waals surface area contributed by atoms with Crippen LogP contribution in [-0.4, -0.2) is 5.91 Å². The van der Waals surface area contributed by atoms with Crippen molar-refractivity contribution in [3.63, 3.8) is 0 Å². The van der Waals surface area contributed by atoms with Crippen LogP contribution < -0.4 is 5.32 Å². The molecule has 0 aliphatic heterocycles. The summed E-state index contributed by atoms with van der Waals surface area (Å²) in [6.45, 7) is 2.15. The molecule has 2 aromatic rings. The maximum absolute atomic E-state index is 12.0. The van der Waals surface area contributed by atoms with Crippen LogP contribution in [0.3, 0.4) is 0 Å². The molecule has 2 aromatic carbocycles. The van der Waals surface area contributed by atoms with Crippen LogP contribution >= 0.6 is 12.6 Å². The highest BCUT2D eigenvalue weighted by molar-refractivity contribution is 7.80. The maximum Gasteiger partial charge on any atom is 0.255 e. The molecule has 0 radical (unpaired) electrons. The minimum absolute atomic E-state index is 0.100. The lowest BCUT2D eigenvalue weighted by molar-refractivity contribution is 0.102. The third-order valence-corrected chi connectivity index (χ3v) is 3.18. The van der Waals surface area contributed by atoms with E-state index in [2.05, 4.69) is 37.0 Å². The number of anilines is 1. The topological polar surface area (TPSA) is 29.1 Å². The van der Waals surface area contributed by atoms with E-state index in [-0.39, 0.29) is 5.91 Å². The number of aryl methyl sites for hydroxylation is 1. The number of hydrogen-bond donors (Lipinski definition) is 2. The smallest absolute Gasteiger partial charge is 0.255 e. The Morgan fingerprint density at radius 3 is 2.26 bits per heavy atom. The first kappa shape index (κ1) is 13.7. The zero-order valence-corrected chi connectivity index (χ0v) is 11.8. The van der Waals surface area contributed by atoms with Gasteiger partial charge in [0.25, 0.3) is 5.91 Å². The average Bonchev–Trinajstić information content (AvgIpc) is 2.42. The van der Waals surface area contributed by atoms with E-state index >= 15 is 0 Å². The molecular formula is C16H17NOS. The number of amides is 1. The fraction of sp³-hybridized carbons (Fsp3) is 0.188. The van der Waals surface area contributed by atoms with Crippen molar-refractivity contribution in [2.45, 2.75) is 24.7 Å². The minimum atomic E-state index is -0.100. The molecule has 0 aliphatic carbocycles. The molecule has 0 saturated heterocycles.